The van der Waals surface area contributed by atoms with Crippen molar-refractivity contribution >= 4 is 37.4 Å². The van der Waals surface area contributed by atoms with Gasteiger partial charge in [-0.3, -0.25) is 9.35 Å². The fraction of sp³-hybridized carbons (Fsp3) is 0.483. The number of fused-ring (bicyclic) bond motifs is 4. The molecule has 3 aliphatic rings. The summed E-state index contributed by atoms with van der Waals surface area (Å²) in [5.41, 5.74) is -1.16. The third-order valence-corrected chi connectivity index (χ3v) is 9.27. The molecule has 37 heavy (non-hydrogen) atoms. The van der Waals surface area contributed by atoms with Crippen LogP contribution in [0, 0.1) is 18.8 Å². The van der Waals surface area contributed by atoms with Crippen LogP contribution in [0.4, 0.5) is 13.2 Å². The zero-order valence-corrected chi connectivity index (χ0v) is 21.5. The molecule has 0 saturated heterocycles. The van der Waals surface area contributed by atoms with E-state index < -0.39 is 15.6 Å². The Balaban J connectivity index is 0.000000307. The summed E-state index contributed by atoms with van der Waals surface area (Å²) >= 11 is 0. The first kappa shape index (κ1) is 26.2. The van der Waals surface area contributed by atoms with Crippen LogP contribution in [0.25, 0.3) is 21.5 Å². The van der Waals surface area contributed by atoms with E-state index in [1.54, 1.807) is 5.56 Å². The number of alkyl halides is 3. The molecule has 3 aromatic carbocycles. The van der Waals surface area contributed by atoms with Gasteiger partial charge >= 0.3 is 15.6 Å². The lowest BCUT2D eigenvalue weighted by Crippen LogP contribution is -2.21. The summed E-state index contributed by atoms with van der Waals surface area (Å²) in [6.07, 6.45) is 9.68. The van der Waals surface area contributed by atoms with Crippen LogP contribution < -0.4 is 0 Å². The van der Waals surface area contributed by atoms with E-state index >= 15 is 0 Å². The van der Waals surface area contributed by atoms with Gasteiger partial charge in [0.25, 0.3) is 0 Å². The summed E-state index contributed by atoms with van der Waals surface area (Å²) in [5.74, 6) is 3.09. The average Bonchev–Trinajstić information content (AvgIpc) is 3.46. The van der Waals surface area contributed by atoms with Gasteiger partial charge in [0.05, 0.1) is 0 Å². The van der Waals surface area contributed by atoms with Crippen LogP contribution in [-0.4, -0.2) is 24.3 Å². The van der Waals surface area contributed by atoms with Gasteiger partial charge in [0, 0.05) is 12.3 Å². The van der Waals surface area contributed by atoms with E-state index in [4.69, 9.17) is 13.0 Å². The molecule has 0 heterocycles. The van der Waals surface area contributed by atoms with Gasteiger partial charge in [-0.15, -0.1) is 0 Å². The number of hydrogen-bond donors (Lipinski definition) is 1. The maximum atomic E-state index is 13.0. The molecule has 4 unspecified atom stereocenters. The van der Waals surface area contributed by atoms with Crippen molar-refractivity contribution in [1.82, 2.24) is 0 Å². The molecule has 198 valence electrons. The number of carbonyl (C=O) groups excluding carboxylic acids is 1. The van der Waals surface area contributed by atoms with Gasteiger partial charge in [-0.2, -0.15) is 21.6 Å². The van der Waals surface area contributed by atoms with Crippen molar-refractivity contribution in [3.8, 4) is 0 Å². The van der Waals surface area contributed by atoms with Crippen LogP contribution in [-0.2, 0) is 14.9 Å². The first-order chi connectivity index (χ1) is 17.4. The maximum absolute atomic E-state index is 13.0. The van der Waals surface area contributed by atoms with Crippen LogP contribution in [0.1, 0.15) is 79.9 Å². The third-order valence-electron chi connectivity index (χ3n) is 8.69. The summed E-state index contributed by atoms with van der Waals surface area (Å²) in [4.78, 5) is 13.0. The lowest BCUT2D eigenvalue weighted by atomic mass is 9.74. The second-order valence-electron chi connectivity index (χ2n) is 10.9. The van der Waals surface area contributed by atoms with Gasteiger partial charge in [0.15, 0.2) is 0 Å². The highest BCUT2D eigenvalue weighted by atomic mass is 32.2. The van der Waals surface area contributed by atoms with Crippen LogP contribution in [0.3, 0.4) is 0 Å². The summed E-state index contributed by atoms with van der Waals surface area (Å²) in [6.45, 7) is 2.33. The summed E-state index contributed by atoms with van der Waals surface area (Å²) < 4.78 is 57.5. The predicted molar refractivity (Wildman–Crippen MR) is 138 cm³/mol. The molecule has 6 rings (SSSR count). The minimum atomic E-state index is -5.84. The quantitative estimate of drug-likeness (QED) is 0.207. The Bertz CT molecular complexity index is 1460. The molecular formula is C29H31F3O4S. The van der Waals surface area contributed by atoms with Gasteiger partial charge in [0.1, 0.15) is 5.78 Å². The molecule has 0 aromatic heterocycles. The fourth-order valence-corrected chi connectivity index (χ4v) is 6.99. The Kier molecular flexibility index (Phi) is 6.86. The Labute approximate surface area is 215 Å². The number of Topliss-reactive ketones (excluding diaryl/α,β-unsaturated/α-hetero) is 1. The lowest BCUT2D eigenvalue weighted by Gasteiger charge is -2.30. The Morgan fingerprint density at radius 1 is 0.919 bits per heavy atom. The second-order valence-corrected chi connectivity index (χ2v) is 12.3. The highest BCUT2D eigenvalue weighted by Gasteiger charge is 2.44. The van der Waals surface area contributed by atoms with Crippen molar-refractivity contribution < 1.29 is 30.9 Å². The van der Waals surface area contributed by atoms with Gasteiger partial charge in [0.2, 0.25) is 0 Å². The molecule has 3 aliphatic carbocycles. The van der Waals surface area contributed by atoms with E-state index in [0.29, 0.717) is 11.7 Å². The number of halogens is 3. The fourth-order valence-electron chi connectivity index (χ4n) is 6.99. The van der Waals surface area contributed by atoms with E-state index in [2.05, 4.69) is 49.4 Å². The molecule has 4 nitrogen and oxygen atoms in total. The van der Waals surface area contributed by atoms with Crippen LogP contribution in [0.5, 0.6) is 0 Å². The van der Waals surface area contributed by atoms with Crippen molar-refractivity contribution in [2.75, 3.05) is 0 Å². The minimum absolute atomic E-state index is 0.103. The van der Waals surface area contributed by atoms with Crippen molar-refractivity contribution in [2.24, 2.45) is 11.8 Å². The molecular weight excluding hydrogens is 501 g/mol. The van der Waals surface area contributed by atoms with E-state index in [9.17, 15) is 18.0 Å². The maximum Gasteiger partial charge on any atom is 0.522 e. The largest absolute Gasteiger partial charge is 0.522 e. The molecule has 0 amide bonds. The standard InChI is InChI=1S/C28H30O.CHF3O3S/c1-17-24(25-13-18-10-11-21(25)12-18)16-22-14-19-6-2-3-7-20(19)15-26(22)28(17)23-8-4-5-9-27(23)29;2-1(3,4)8(5,6)7/h2-3,6-7,14-16,18,21,23,25H,4-5,8-13H2,1H3;(H,5,6,7). The molecule has 1 N–H and O–H groups in total. The summed E-state index contributed by atoms with van der Waals surface area (Å²) in [6, 6.07) is 15.9. The SMILES string of the molecule is Cc1c(C2CC3CCC2C3)cc2cc3ccccc3cc2c1C1CCCCC1=O.O=S(=O)(O)C(F)(F)F. The molecule has 3 fully saturated rings. The Hall–Kier alpha value is -2.45. The van der Waals surface area contributed by atoms with Crippen molar-refractivity contribution in [2.45, 2.75) is 75.6 Å². The highest BCUT2D eigenvalue weighted by molar-refractivity contribution is 7.86. The lowest BCUT2D eigenvalue weighted by molar-refractivity contribution is -0.121. The van der Waals surface area contributed by atoms with Gasteiger partial charge in [-0.25, -0.2) is 0 Å². The second kappa shape index (κ2) is 9.70. The predicted octanol–water partition coefficient (Wildman–Crippen LogP) is 7.83. The zero-order chi connectivity index (χ0) is 26.5. The molecule has 0 aliphatic heterocycles. The topological polar surface area (TPSA) is 71.4 Å². The van der Waals surface area contributed by atoms with Crippen molar-refractivity contribution in [3.05, 3.63) is 59.2 Å². The van der Waals surface area contributed by atoms with E-state index in [1.165, 1.54) is 64.8 Å². The normalized spacial score (nSPS) is 25.9. The van der Waals surface area contributed by atoms with Gasteiger partial charge < -0.3 is 0 Å². The van der Waals surface area contributed by atoms with Gasteiger partial charge in [-0.05, 0) is 107 Å². The third kappa shape index (κ3) is 5.02. The highest BCUT2D eigenvalue weighted by Crippen LogP contribution is 2.54. The summed E-state index contributed by atoms with van der Waals surface area (Å²) in [5, 5.41) is 5.27. The molecule has 8 heteroatoms. The zero-order valence-electron chi connectivity index (χ0n) is 20.7. The number of rotatable bonds is 2. The first-order valence-electron chi connectivity index (χ1n) is 13.0. The van der Waals surface area contributed by atoms with Crippen LogP contribution >= 0.6 is 0 Å². The molecule has 3 aromatic rings. The first-order valence-corrected chi connectivity index (χ1v) is 14.4. The summed E-state index contributed by atoms with van der Waals surface area (Å²) in [7, 11) is -5.84. The van der Waals surface area contributed by atoms with E-state index in [0.717, 1.165) is 31.1 Å². The Morgan fingerprint density at radius 3 is 2.16 bits per heavy atom. The minimum Gasteiger partial charge on any atom is -0.299 e. The number of carbonyl (C=O) groups is 1. The van der Waals surface area contributed by atoms with E-state index in [1.807, 2.05) is 0 Å². The van der Waals surface area contributed by atoms with Crippen LogP contribution in [0.2, 0.25) is 0 Å². The molecule has 4 atom stereocenters. The van der Waals surface area contributed by atoms with Crippen molar-refractivity contribution in [3.63, 3.8) is 0 Å². The molecule has 0 radical (unpaired) electrons. The molecule has 0 spiro atoms. The number of benzene rings is 3. The van der Waals surface area contributed by atoms with Gasteiger partial charge in [-0.1, -0.05) is 43.2 Å². The van der Waals surface area contributed by atoms with E-state index in [-0.39, 0.29) is 5.92 Å². The van der Waals surface area contributed by atoms with Crippen molar-refractivity contribution in [1.29, 1.82) is 0 Å². The Morgan fingerprint density at radius 2 is 1.59 bits per heavy atom. The molecule has 2 bridgehead atoms. The van der Waals surface area contributed by atoms with Crippen LogP contribution in [0.15, 0.2) is 42.5 Å². The number of hydrogen-bond acceptors (Lipinski definition) is 3. The molecule has 3 saturated carbocycles. The smallest absolute Gasteiger partial charge is 0.299 e. The average molecular weight is 533 g/mol. The monoisotopic (exact) mass is 532 g/mol. The number of ketones is 1.